The third-order valence-corrected chi connectivity index (χ3v) is 5.04. The number of nitriles is 1. The highest BCUT2D eigenvalue weighted by Gasteiger charge is 2.32. The molecule has 0 spiro atoms. The van der Waals surface area contributed by atoms with E-state index < -0.39 is 5.92 Å². The van der Waals surface area contributed by atoms with Gasteiger partial charge >= 0.3 is 0 Å². The van der Waals surface area contributed by atoms with Gasteiger partial charge in [-0.3, -0.25) is 0 Å². The number of benzene rings is 2. The van der Waals surface area contributed by atoms with E-state index in [9.17, 15) is 5.26 Å². The minimum absolute atomic E-state index is 0.0927. The van der Waals surface area contributed by atoms with Crippen LogP contribution in [-0.4, -0.2) is 19.1 Å². The zero-order chi connectivity index (χ0) is 19.1. The largest absolute Gasteiger partial charge is 0.440 e. The van der Waals surface area contributed by atoms with Gasteiger partial charge in [-0.15, -0.1) is 0 Å². The van der Waals surface area contributed by atoms with Crippen molar-refractivity contribution >= 4 is 28.2 Å². The van der Waals surface area contributed by atoms with Crippen molar-refractivity contribution in [3.05, 3.63) is 76.3 Å². The Bertz CT molecular complexity index is 1130. The number of aromatic nitrogens is 1. The lowest BCUT2D eigenvalue weighted by Crippen LogP contribution is -2.22. The summed E-state index contributed by atoms with van der Waals surface area (Å²) in [5, 5.41) is 11.0. The van der Waals surface area contributed by atoms with Gasteiger partial charge in [0.1, 0.15) is 22.5 Å². The van der Waals surface area contributed by atoms with Crippen LogP contribution in [0.15, 0.2) is 60.0 Å². The first-order valence-corrected chi connectivity index (χ1v) is 8.81. The maximum absolute atomic E-state index is 9.73. The molecular weight excluding hydrogens is 360 g/mol. The molecule has 1 aliphatic heterocycles. The minimum atomic E-state index is -0.431. The molecule has 0 saturated carbocycles. The molecule has 27 heavy (non-hydrogen) atoms. The topological polar surface area (TPSA) is 75.2 Å². The molecule has 2 aromatic carbocycles. The number of anilines is 1. The van der Waals surface area contributed by atoms with Gasteiger partial charge in [-0.25, -0.2) is 4.98 Å². The zero-order valence-corrected chi connectivity index (χ0v) is 15.7. The van der Waals surface area contributed by atoms with E-state index in [1.54, 1.807) is 0 Å². The number of nitrogens with zero attached hydrogens (tertiary/aromatic N) is 3. The van der Waals surface area contributed by atoms with Crippen molar-refractivity contribution in [1.29, 1.82) is 5.26 Å². The molecule has 0 bridgehead atoms. The first kappa shape index (κ1) is 17.2. The van der Waals surface area contributed by atoms with Crippen molar-refractivity contribution in [3.8, 4) is 11.8 Å². The van der Waals surface area contributed by atoms with Crippen LogP contribution in [0.4, 0.5) is 5.69 Å². The second-order valence-electron chi connectivity index (χ2n) is 6.60. The van der Waals surface area contributed by atoms with Gasteiger partial charge in [-0.05, 0) is 18.2 Å². The number of rotatable bonds is 2. The highest BCUT2D eigenvalue weighted by molar-refractivity contribution is 6.30. The van der Waals surface area contributed by atoms with Crippen LogP contribution in [0.2, 0.25) is 5.15 Å². The molecule has 1 aromatic heterocycles. The van der Waals surface area contributed by atoms with Crippen LogP contribution in [0.5, 0.6) is 5.75 Å². The fourth-order valence-corrected chi connectivity index (χ4v) is 3.61. The lowest BCUT2D eigenvalue weighted by Gasteiger charge is -2.28. The third kappa shape index (κ3) is 2.84. The minimum Gasteiger partial charge on any atom is -0.440 e. The fraction of sp³-hybridized carbons (Fsp3) is 0.143. The van der Waals surface area contributed by atoms with Crippen LogP contribution < -0.4 is 15.4 Å². The average molecular weight is 377 g/mol. The molecular formula is C21H17ClN4O. The summed E-state index contributed by atoms with van der Waals surface area (Å²) in [7, 11) is 3.90. The monoisotopic (exact) mass is 376 g/mol. The van der Waals surface area contributed by atoms with E-state index in [1.165, 1.54) is 0 Å². The first-order valence-electron chi connectivity index (χ1n) is 8.43. The van der Waals surface area contributed by atoms with Gasteiger partial charge < -0.3 is 15.4 Å². The van der Waals surface area contributed by atoms with E-state index in [-0.39, 0.29) is 5.88 Å². The average Bonchev–Trinajstić information content (AvgIpc) is 2.66. The maximum Gasteiger partial charge on any atom is 0.205 e. The number of pyridine rings is 1. The smallest absolute Gasteiger partial charge is 0.205 e. The number of allylic oxidation sites excluding steroid dienone is 1. The summed E-state index contributed by atoms with van der Waals surface area (Å²) in [5.41, 5.74) is 9.76. The molecule has 4 rings (SSSR count). The summed E-state index contributed by atoms with van der Waals surface area (Å²) >= 11 is 6.52. The van der Waals surface area contributed by atoms with Crippen molar-refractivity contribution < 1.29 is 4.74 Å². The molecule has 0 fully saturated rings. The Balaban J connectivity index is 1.96. The summed E-state index contributed by atoms with van der Waals surface area (Å²) in [6.45, 7) is 0. The van der Waals surface area contributed by atoms with Gasteiger partial charge in [0.15, 0.2) is 0 Å². The third-order valence-electron chi connectivity index (χ3n) is 4.73. The summed E-state index contributed by atoms with van der Waals surface area (Å²) < 4.78 is 5.75. The quantitative estimate of drug-likeness (QED) is 0.679. The van der Waals surface area contributed by atoms with E-state index in [0.717, 1.165) is 27.7 Å². The van der Waals surface area contributed by atoms with Crippen molar-refractivity contribution in [1.82, 2.24) is 4.98 Å². The van der Waals surface area contributed by atoms with Crippen LogP contribution in [0.1, 0.15) is 17.0 Å². The van der Waals surface area contributed by atoms with Crippen molar-refractivity contribution in [2.24, 2.45) is 5.73 Å². The molecule has 0 saturated heterocycles. The van der Waals surface area contributed by atoms with Crippen LogP contribution in [0.25, 0.3) is 10.9 Å². The number of nitrogens with two attached hydrogens (primary N) is 1. The maximum atomic E-state index is 9.73. The van der Waals surface area contributed by atoms with Crippen LogP contribution in [-0.2, 0) is 0 Å². The Hall–Kier alpha value is -3.23. The molecule has 0 amide bonds. The lowest BCUT2D eigenvalue weighted by molar-refractivity contribution is 0.394. The summed E-state index contributed by atoms with van der Waals surface area (Å²) in [6.07, 6.45) is 0. The van der Waals surface area contributed by atoms with E-state index in [1.807, 2.05) is 67.5 Å². The molecule has 6 heteroatoms. The van der Waals surface area contributed by atoms with E-state index in [4.69, 9.17) is 22.1 Å². The number of hydrogen-bond acceptors (Lipinski definition) is 5. The Morgan fingerprint density at radius 2 is 1.93 bits per heavy atom. The fourth-order valence-electron chi connectivity index (χ4n) is 3.35. The van der Waals surface area contributed by atoms with Crippen molar-refractivity contribution in [3.63, 3.8) is 0 Å². The Morgan fingerprint density at radius 1 is 1.15 bits per heavy atom. The van der Waals surface area contributed by atoms with Crippen molar-refractivity contribution in [2.75, 3.05) is 19.0 Å². The molecule has 1 unspecified atom stereocenters. The van der Waals surface area contributed by atoms with Gasteiger partial charge in [0.25, 0.3) is 0 Å². The zero-order valence-electron chi connectivity index (χ0n) is 14.9. The summed E-state index contributed by atoms with van der Waals surface area (Å²) in [4.78, 5) is 6.48. The predicted molar refractivity (Wildman–Crippen MR) is 107 cm³/mol. The Morgan fingerprint density at radius 3 is 2.67 bits per heavy atom. The Kier molecular flexibility index (Phi) is 4.14. The molecule has 1 aliphatic rings. The standard InChI is InChI=1S/C21H17ClN4O/c1-26(2)13-7-8-14-18(10-13)27-21(24)16(11-23)19(14)15-9-12-5-3-4-6-17(12)25-20(15)22/h3-10,19H,24H2,1-2H3. The number of ether oxygens (including phenoxy) is 1. The Labute approximate surface area is 162 Å². The van der Waals surface area contributed by atoms with E-state index in [2.05, 4.69) is 11.1 Å². The lowest BCUT2D eigenvalue weighted by atomic mass is 9.83. The summed E-state index contributed by atoms with van der Waals surface area (Å²) in [5.74, 6) is 0.279. The molecule has 5 nitrogen and oxygen atoms in total. The number of para-hydroxylation sites is 1. The normalized spacial score (nSPS) is 15.9. The number of fused-ring (bicyclic) bond motifs is 2. The van der Waals surface area contributed by atoms with Gasteiger partial charge in [-0.2, -0.15) is 5.26 Å². The van der Waals surface area contributed by atoms with Gasteiger partial charge in [-0.1, -0.05) is 35.9 Å². The number of hydrogen-bond donors (Lipinski definition) is 1. The predicted octanol–water partition coefficient (Wildman–Crippen LogP) is 4.17. The van der Waals surface area contributed by atoms with Gasteiger partial charge in [0.2, 0.25) is 5.88 Å². The second kappa shape index (κ2) is 6.49. The second-order valence-corrected chi connectivity index (χ2v) is 6.96. The molecule has 3 aromatic rings. The summed E-state index contributed by atoms with van der Waals surface area (Å²) in [6, 6.07) is 17.7. The number of halogens is 1. The highest BCUT2D eigenvalue weighted by atomic mass is 35.5. The van der Waals surface area contributed by atoms with Crippen LogP contribution >= 0.6 is 11.6 Å². The SMILES string of the molecule is CN(C)c1ccc2c(c1)OC(N)=C(C#N)C2c1cc2ccccc2nc1Cl. The molecule has 0 aliphatic carbocycles. The molecule has 1 atom stereocenters. The van der Waals surface area contributed by atoms with Crippen LogP contribution in [0.3, 0.4) is 0 Å². The van der Waals surface area contributed by atoms with Gasteiger partial charge in [0, 0.05) is 42.4 Å². The first-order chi connectivity index (χ1) is 13.0. The van der Waals surface area contributed by atoms with Crippen molar-refractivity contribution in [2.45, 2.75) is 5.92 Å². The molecule has 2 heterocycles. The molecule has 0 radical (unpaired) electrons. The van der Waals surface area contributed by atoms with E-state index in [0.29, 0.717) is 16.5 Å². The van der Waals surface area contributed by atoms with Crippen LogP contribution in [0, 0.1) is 11.3 Å². The van der Waals surface area contributed by atoms with E-state index >= 15 is 0 Å². The molecule has 134 valence electrons. The highest BCUT2D eigenvalue weighted by Crippen LogP contribution is 2.45. The molecule has 2 N–H and O–H groups in total. The van der Waals surface area contributed by atoms with Gasteiger partial charge in [0.05, 0.1) is 11.4 Å².